The monoisotopic (exact) mass is 365 g/mol. The van der Waals surface area contributed by atoms with Gasteiger partial charge in [0.1, 0.15) is 12.4 Å². The highest BCUT2D eigenvalue weighted by Gasteiger charge is 2.31. The first-order valence-corrected chi connectivity index (χ1v) is 9.22. The molecular weight excluding hydrogens is 342 g/mol. The van der Waals surface area contributed by atoms with Gasteiger partial charge in [-0.3, -0.25) is 9.59 Å². The van der Waals surface area contributed by atoms with Gasteiger partial charge in [0.05, 0.1) is 5.92 Å². The average Bonchev–Trinajstić information content (AvgIpc) is 2.58. The van der Waals surface area contributed by atoms with Crippen LogP contribution in [-0.4, -0.2) is 42.1 Å². The van der Waals surface area contributed by atoms with Crippen LogP contribution in [0.25, 0.3) is 0 Å². The second kappa shape index (κ2) is 7.65. The molecule has 0 saturated carbocycles. The summed E-state index contributed by atoms with van der Waals surface area (Å²) in [6.45, 7) is 4.15. The fraction of sp³-hybridized carbons (Fsp3) is 0.579. The van der Waals surface area contributed by atoms with Crippen LogP contribution in [0.15, 0.2) is 18.2 Å². The first-order chi connectivity index (χ1) is 12.0. The van der Waals surface area contributed by atoms with E-state index in [1.54, 1.807) is 12.1 Å². The third kappa shape index (κ3) is 4.09. The van der Waals surface area contributed by atoms with Crippen molar-refractivity contribution in [1.82, 2.24) is 4.90 Å². The van der Waals surface area contributed by atoms with Gasteiger partial charge in [0, 0.05) is 17.1 Å². The summed E-state index contributed by atoms with van der Waals surface area (Å²) in [6, 6.07) is 5.77. The molecule has 0 bridgehead atoms. The van der Waals surface area contributed by atoms with Gasteiger partial charge in [0.15, 0.2) is 6.61 Å². The van der Waals surface area contributed by atoms with E-state index >= 15 is 0 Å². The zero-order valence-electron chi connectivity index (χ0n) is 14.7. The zero-order valence-corrected chi connectivity index (χ0v) is 15.4. The topological polar surface area (TPSA) is 55.8 Å². The number of amides is 1. The van der Waals surface area contributed by atoms with Crippen LogP contribution in [0, 0.1) is 5.92 Å². The highest BCUT2D eigenvalue weighted by molar-refractivity contribution is 6.30. The molecule has 0 unspecified atom stereocenters. The van der Waals surface area contributed by atoms with E-state index in [2.05, 4.69) is 0 Å². The number of nitrogens with zero attached hydrogens (tertiary/aromatic N) is 1. The lowest BCUT2D eigenvalue weighted by atomic mass is 9.97. The van der Waals surface area contributed by atoms with Crippen LogP contribution in [0.2, 0.25) is 5.02 Å². The molecule has 25 heavy (non-hydrogen) atoms. The molecule has 3 rings (SSSR count). The Kier molecular flexibility index (Phi) is 5.52. The number of hydrogen-bond donors (Lipinski definition) is 0. The second-order valence-corrected chi connectivity index (χ2v) is 7.44. The molecule has 1 fully saturated rings. The molecule has 1 amide bonds. The number of carbonyl (C=O) groups excluding carboxylic acids is 2. The van der Waals surface area contributed by atoms with Crippen LogP contribution in [-0.2, 0) is 20.7 Å². The number of fused-ring (bicyclic) bond motifs is 1. The van der Waals surface area contributed by atoms with Gasteiger partial charge in [-0.15, -0.1) is 0 Å². The molecule has 2 heterocycles. The van der Waals surface area contributed by atoms with Crippen LogP contribution in [0.3, 0.4) is 0 Å². The molecule has 0 N–H and O–H groups in total. The third-order valence-corrected chi connectivity index (χ3v) is 5.32. The van der Waals surface area contributed by atoms with Gasteiger partial charge in [0.2, 0.25) is 0 Å². The molecule has 0 aliphatic carbocycles. The van der Waals surface area contributed by atoms with Crippen molar-refractivity contribution in [3.8, 4) is 5.75 Å². The predicted octanol–water partition coefficient (Wildman–Crippen LogP) is 3.22. The van der Waals surface area contributed by atoms with Gasteiger partial charge in [0.25, 0.3) is 5.91 Å². The number of carbonyl (C=O) groups is 2. The second-order valence-electron chi connectivity index (χ2n) is 7.00. The number of benzene rings is 1. The van der Waals surface area contributed by atoms with Gasteiger partial charge in [-0.05, 0) is 63.3 Å². The van der Waals surface area contributed by atoms with E-state index in [0.717, 1.165) is 30.6 Å². The minimum Gasteiger partial charge on any atom is -0.492 e. The van der Waals surface area contributed by atoms with Gasteiger partial charge < -0.3 is 14.4 Å². The summed E-state index contributed by atoms with van der Waals surface area (Å²) >= 11 is 6.00. The number of ether oxygens (including phenoxy) is 2. The van der Waals surface area contributed by atoms with Gasteiger partial charge in [-0.25, -0.2) is 0 Å². The van der Waals surface area contributed by atoms with Crippen molar-refractivity contribution in [3.63, 3.8) is 0 Å². The van der Waals surface area contributed by atoms with Crippen molar-refractivity contribution in [2.75, 3.05) is 13.2 Å². The van der Waals surface area contributed by atoms with Gasteiger partial charge in [-0.1, -0.05) is 11.6 Å². The van der Waals surface area contributed by atoms with E-state index in [0.29, 0.717) is 11.4 Å². The van der Waals surface area contributed by atoms with Crippen molar-refractivity contribution >= 4 is 23.5 Å². The molecular formula is C19H24ClNO4. The summed E-state index contributed by atoms with van der Waals surface area (Å²) in [7, 11) is 0. The quantitative estimate of drug-likeness (QED) is 0.772. The Hall–Kier alpha value is -1.75. The number of esters is 1. The van der Waals surface area contributed by atoms with E-state index in [1.165, 1.54) is 0 Å². The van der Waals surface area contributed by atoms with E-state index < -0.39 is 11.9 Å². The number of rotatable bonds is 3. The maximum Gasteiger partial charge on any atom is 0.313 e. The standard InChI is InChI=1S/C19H24ClNO4/c1-12-4-3-5-13(2)21(12)18(22)11-25-19(23)15-8-14-9-16(20)6-7-17(14)24-10-15/h6-7,9,12-13,15H,3-5,8,10-11H2,1-2H3/t12-,13-,15+/m0/s1. The third-order valence-electron chi connectivity index (χ3n) is 5.08. The number of piperidine rings is 1. The van der Waals surface area contributed by atoms with Crippen molar-refractivity contribution in [3.05, 3.63) is 28.8 Å². The van der Waals surface area contributed by atoms with E-state index in [4.69, 9.17) is 21.1 Å². The SMILES string of the molecule is C[C@H]1CCC[C@H](C)N1C(=O)COC(=O)[C@H]1COc2ccc(Cl)cc2C1. The fourth-order valence-electron chi connectivity index (χ4n) is 3.75. The summed E-state index contributed by atoms with van der Waals surface area (Å²) in [5, 5.41) is 0.611. The van der Waals surface area contributed by atoms with Crippen LogP contribution in [0.4, 0.5) is 0 Å². The Morgan fingerprint density at radius 1 is 1.28 bits per heavy atom. The highest BCUT2D eigenvalue weighted by Crippen LogP contribution is 2.30. The first kappa shape index (κ1) is 18.1. The fourth-order valence-corrected chi connectivity index (χ4v) is 3.95. The van der Waals surface area contributed by atoms with Crippen LogP contribution < -0.4 is 4.74 Å². The Morgan fingerprint density at radius 2 is 2.00 bits per heavy atom. The molecule has 0 spiro atoms. The zero-order chi connectivity index (χ0) is 18.0. The van der Waals surface area contributed by atoms with Gasteiger partial charge >= 0.3 is 5.97 Å². The summed E-state index contributed by atoms with van der Waals surface area (Å²) in [5.74, 6) is -0.167. The van der Waals surface area contributed by atoms with Crippen molar-refractivity contribution < 1.29 is 19.1 Å². The van der Waals surface area contributed by atoms with E-state index in [9.17, 15) is 9.59 Å². The predicted molar refractivity (Wildman–Crippen MR) is 94.7 cm³/mol. The van der Waals surface area contributed by atoms with Crippen molar-refractivity contribution in [1.29, 1.82) is 0 Å². The minimum absolute atomic E-state index is 0.117. The molecule has 3 atom stereocenters. The van der Waals surface area contributed by atoms with Crippen LogP contribution in [0.5, 0.6) is 5.75 Å². The molecule has 0 radical (unpaired) electrons. The summed E-state index contributed by atoms with van der Waals surface area (Å²) in [5.41, 5.74) is 0.894. The molecule has 1 aromatic carbocycles. The van der Waals surface area contributed by atoms with Crippen molar-refractivity contribution in [2.24, 2.45) is 5.92 Å². The van der Waals surface area contributed by atoms with Crippen LogP contribution >= 0.6 is 11.6 Å². The molecule has 5 nitrogen and oxygen atoms in total. The largest absolute Gasteiger partial charge is 0.492 e. The summed E-state index contributed by atoms with van der Waals surface area (Å²) < 4.78 is 10.9. The molecule has 1 aromatic rings. The lowest BCUT2D eigenvalue weighted by Crippen LogP contribution is -2.49. The van der Waals surface area contributed by atoms with Gasteiger partial charge in [-0.2, -0.15) is 0 Å². The van der Waals surface area contributed by atoms with E-state index in [-0.39, 0.29) is 31.2 Å². The minimum atomic E-state index is -0.407. The molecule has 136 valence electrons. The molecule has 2 aliphatic rings. The molecule has 0 aromatic heterocycles. The first-order valence-electron chi connectivity index (χ1n) is 8.84. The Labute approximate surface area is 153 Å². The Morgan fingerprint density at radius 3 is 2.72 bits per heavy atom. The molecule has 2 aliphatic heterocycles. The lowest BCUT2D eigenvalue weighted by molar-refractivity contribution is -0.158. The maximum absolute atomic E-state index is 12.4. The average molecular weight is 366 g/mol. The maximum atomic E-state index is 12.4. The Balaban J connectivity index is 1.55. The summed E-state index contributed by atoms with van der Waals surface area (Å²) in [4.78, 5) is 26.6. The highest BCUT2D eigenvalue weighted by atomic mass is 35.5. The number of halogens is 1. The Bertz CT molecular complexity index is 653. The van der Waals surface area contributed by atoms with Crippen LogP contribution in [0.1, 0.15) is 38.7 Å². The smallest absolute Gasteiger partial charge is 0.313 e. The molecule has 1 saturated heterocycles. The lowest BCUT2D eigenvalue weighted by Gasteiger charge is -2.39. The summed E-state index contributed by atoms with van der Waals surface area (Å²) in [6.07, 6.45) is 3.64. The number of likely N-dealkylation sites (tertiary alicyclic amines) is 1. The van der Waals surface area contributed by atoms with E-state index in [1.807, 2.05) is 24.8 Å². The molecule has 6 heteroatoms. The van der Waals surface area contributed by atoms with Crippen molar-refractivity contribution in [2.45, 2.75) is 51.6 Å². The normalized spacial score (nSPS) is 25.7. The number of hydrogen-bond acceptors (Lipinski definition) is 4.